The molecule has 6 aromatic carbocycles. The van der Waals surface area contributed by atoms with Crippen molar-refractivity contribution >= 4 is 46.3 Å². The summed E-state index contributed by atoms with van der Waals surface area (Å²) in [7, 11) is -5.92. The molecule has 190 valence electrons. The maximum Gasteiger partial charge on any atom is 0.164 e. The van der Waals surface area contributed by atoms with Crippen LogP contribution in [-0.4, -0.2) is 15.2 Å². The second-order valence-corrected chi connectivity index (χ2v) is 21.2. The van der Waals surface area contributed by atoms with E-state index in [2.05, 4.69) is 158 Å². The highest BCUT2D eigenvalue weighted by molar-refractivity contribution is 7.67. The minimum Gasteiger partial charge on any atom is -0.458 e. The molecule has 0 radical (unpaired) electrons. The Morgan fingerprint density at radius 2 is 0.525 bits per heavy atom. The Balaban J connectivity index is 1.70. The molecular weight excluding hydrogens is 521 g/mol. The maximum absolute atomic E-state index is 6.73. The predicted octanol–water partition coefficient (Wildman–Crippen LogP) is 4.62. The van der Waals surface area contributed by atoms with Crippen molar-refractivity contribution < 1.29 is 9.47 Å². The van der Waals surface area contributed by atoms with Gasteiger partial charge in [0.05, 0.1) is 0 Å². The van der Waals surface area contributed by atoms with Crippen molar-refractivity contribution in [1.82, 2.24) is 0 Å². The fourth-order valence-corrected chi connectivity index (χ4v) is 27.2. The van der Waals surface area contributed by atoms with Gasteiger partial charge in [0.25, 0.3) is 0 Å². The molecule has 2 aliphatic rings. The summed E-state index contributed by atoms with van der Waals surface area (Å²) >= 11 is 0. The van der Waals surface area contributed by atoms with Gasteiger partial charge in [-0.15, -0.1) is 0 Å². The molecule has 40 heavy (non-hydrogen) atoms. The predicted molar refractivity (Wildman–Crippen MR) is 168 cm³/mol. The zero-order chi connectivity index (χ0) is 26.6. The molecule has 0 aromatic heterocycles. The SMILES string of the molecule is c1ccc([Si]2([Si]3(c4ccccc4)c4ccccc4Oc4ccccc43)c3ccccc3Oc3ccccc32)cc1. The van der Waals surface area contributed by atoms with Crippen molar-refractivity contribution in [1.29, 1.82) is 0 Å². The highest BCUT2D eigenvalue weighted by Crippen LogP contribution is 2.38. The van der Waals surface area contributed by atoms with Crippen LogP contribution in [0, 0.1) is 0 Å². The third-order valence-corrected chi connectivity index (χ3v) is 25.3. The first-order valence-electron chi connectivity index (χ1n) is 13.7. The van der Waals surface area contributed by atoms with Crippen molar-refractivity contribution in [2.24, 2.45) is 0 Å². The van der Waals surface area contributed by atoms with Crippen LogP contribution < -0.4 is 40.6 Å². The second-order valence-electron chi connectivity index (χ2n) is 10.4. The van der Waals surface area contributed by atoms with Crippen molar-refractivity contribution in [3.8, 4) is 23.0 Å². The van der Waals surface area contributed by atoms with E-state index in [0.717, 1.165) is 23.0 Å². The smallest absolute Gasteiger partial charge is 0.164 e. The lowest BCUT2D eigenvalue weighted by Gasteiger charge is -2.53. The first-order chi connectivity index (χ1) is 19.8. The molecule has 6 aromatic rings. The van der Waals surface area contributed by atoms with Crippen LogP contribution in [0.4, 0.5) is 0 Å². The van der Waals surface area contributed by atoms with Crippen LogP contribution >= 0.6 is 0 Å². The molecule has 0 saturated heterocycles. The third kappa shape index (κ3) is 2.97. The Morgan fingerprint density at radius 1 is 0.275 bits per heavy atom. The number of benzene rings is 6. The van der Waals surface area contributed by atoms with Crippen LogP contribution in [0.15, 0.2) is 158 Å². The van der Waals surface area contributed by atoms with Gasteiger partial charge in [-0.1, -0.05) is 144 Å². The highest BCUT2D eigenvalue weighted by atomic mass is 29.3. The molecule has 0 N–H and O–H groups in total. The molecular formula is C36H26O2Si2. The first kappa shape index (κ1) is 23.3. The summed E-state index contributed by atoms with van der Waals surface area (Å²) in [6.45, 7) is 0. The van der Waals surface area contributed by atoms with E-state index in [0.29, 0.717) is 0 Å². The number of hydrogen-bond acceptors (Lipinski definition) is 2. The molecule has 4 heteroatoms. The van der Waals surface area contributed by atoms with Crippen molar-refractivity contribution in [3.05, 3.63) is 158 Å². The monoisotopic (exact) mass is 546 g/mol. The van der Waals surface area contributed by atoms with Gasteiger partial charge in [0.15, 0.2) is 15.2 Å². The molecule has 2 aliphatic heterocycles. The van der Waals surface area contributed by atoms with E-state index < -0.39 is 15.2 Å². The number of rotatable bonds is 3. The average Bonchev–Trinajstić information content (AvgIpc) is 3.03. The van der Waals surface area contributed by atoms with Crippen LogP contribution in [-0.2, 0) is 0 Å². The zero-order valence-corrected chi connectivity index (χ0v) is 23.8. The molecule has 0 fully saturated rings. The number of ether oxygens (including phenoxy) is 2. The van der Waals surface area contributed by atoms with Gasteiger partial charge in [0, 0.05) is 0 Å². The molecule has 0 saturated carbocycles. The quantitative estimate of drug-likeness (QED) is 0.302. The Bertz CT molecular complexity index is 1640. The lowest BCUT2D eigenvalue weighted by atomic mass is 10.3. The summed E-state index contributed by atoms with van der Waals surface area (Å²) in [6, 6.07) is 57.6. The third-order valence-electron chi connectivity index (χ3n) is 8.58. The van der Waals surface area contributed by atoms with E-state index in [4.69, 9.17) is 9.47 Å². The molecule has 8 rings (SSSR count). The number of fused-ring (bicyclic) bond motifs is 4. The van der Waals surface area contributed by atoms with Gasteiger partial charge in [-0.3, -0.25) is 0 Å². The second kappa shape index (κ2) is 8.95. The fourth-order valence-electron chi connectivity index (χ4n) is 7.23. The summed E-state index contributed by atoms with van der Waals surface area (Å²) in [6.07, 6.45) is 0. The zero-order valence-electron chi connectivity index (χ0n) is 21.8. The van der Waals surface area contributed by atoms with Gasteiger partial charge < -0.3 is 9.47 Å². The summed E-state index contributed by atoms with van der Waals surface area (Å²) < 4.78 is 13.5. The van der Waals surface area contributed by atoms with Crippen LogP contribution in [0.3, 0.4) is 0 Å². The van der Waals surface area contributed by atoms with Gasteiger partial charge in [0.1, 0.15) is 23.0 Å². The van der Waals surface area contributed by atoms with Crippen molar-refractivity contribution in [2.75, 3.05) is 0 Å². The lowest BCUT2D eigenvalue weighted by Crippen LogP contribution is -2.95. The standard InChI is InChI=1S/C36H26O2Si2/c1-3-15-27(16-4-1)39(33-23-11-7-19-29(33)37-30-20-8-12-24-34(30)39)40(28-17-5-2-6-18-28)35-25-13-9-21-31(35)38-32-22-10-14-26-36(32)40/h1-26H. The van der Waals surface area contributed by atoms with Gasteiger partial charge in [-0.25, -0.2) is 0 Å². The molecule has 0 amide bonds. The summed E-state index contributed by atoms with van der Waals surface area (Å²) in [5.74, 6) is 3.84. The van der Waals surface area contributed by atoms with Gasteiger partial charge in [-0.2, -0.15) is 0 Å². The lowest BCUT2D eigenvalue weighted by molar-refractivity contribution is 0.485. The van der Waals surface area contributed by atoms with Crippen LogP contribution in [0.25, 0.3) is 0 Å². The normalized spacial score (nSPS) is 15.3. The minimum absolute atomic E-state index is 0.959. The molecule has 0 aliphatic carbocycles. The average molecular weight is 547 g/mol. The van der Waals surface area contributed by atoms with Gasteiger partial charge >= 0.3 is 0 Å². The van der Waals surface area contributed by atoms with Gasteiger partial charge in [0.2, 0.25) is 0 Å². The van der Waals surface area contributed by atoms with E-state index >= 15 is 0 Å². The Hall–Kier alpha value is -4.65. The van der Waals surface area contributed by atoms with Crippen LogP contribution in [0.2, 0.25) is 0 Å². The van der Waals surface area contributed by atoms with Crippen molar-refractivity contribution in [2.45, 2.75) is 0 Å². The Morgan fingerprint density at radius 3 is 0.825 bits per heavy atom. The van der Waals surface area contributed by atoms with Crippen molar-refractivity contribution in [3.63, 3.8) is 0 Å². The molecule has 0 unspecified atom stereocenters. The van der Waals surface area contributed by atoms with E-state index in [9.17, 15) is 0 Å². The van der Waals surface area contributed by atoms with E-state index in [1.807, 2.05) is 0 Å². The first-order valence-corrected chi connectivity index (χ1v) is 18.7. The van der Waals surface area contributed by atoms with E-state index in [-0.39, 0.29) is 0 Å². The maximum atomic E-state index is 6.73. The highest BCUT2D eigenvalue weighted by Gasteiger charge is 2.67. The topological polar surface area (TPSA) is 18.5 Å². The molecule has 0 atom stereocenters. The van der Waals surface area contributed by atoms with E-state index in [1.54, 1.807) is 0 Å². The van der Waals surface area contributed by atoms with Crippen LogP contribution in [0.1, 0.15) is 0 Å². The largest absolute Gasteiger partial charge is 0.458 e. The minimum atomic E-state index is -2.96. The Kier molecular flexibility index (Phi) is 5.20. The number of para-hydroxylation sites is 4. The molecule has 0 bridgehead atoms. The fraction of sp³-hybridized carbons (Fsp3) is 0. The summed E-state index contributed by atoms with van der Waals surface area (Å²) in [4.78, 5) is 0. The van der Waals surface area contributed by atoms with E-state index in [1.165, 1.54) is 31.1 Å². The number of hydrogen-bond donors (Lipinski definition) is 0. The molecule has 2 heterocycles. The summed E-state index contributed by atoms with van der Waals surface area (Å²) in [5, 5.41) is 8.06. The van der Waals surface area contributed by atoms with Crippen LogP contribution in [0.5, 0.6) is 23.0 Å². The van der Waals surface area contributed by atoms with Gasteiger partial charge in [-0.05, 0) is 45.0 Å². The Labute approximate surface area is 235 Å². The molecule has 0 spiro atoms. The summed E-state index contributed by atoms with van der Waals surface area (Å²) in [5.41, 5.74) is 0. The molecule has 2 nitrogen and oxygen atoms in total.